The van der Waals surface area contributed by atoms with Gasteiger partial charge in [-0.25, -0.2) is 4.39 Å². The topological polar surface area (TPSA) is 15.3 Å². The van der Waals surface area contributed by atoms with Gasteiger partial charge in [-0.15, -0.1) is 0 Å². The number of unbranched alkanes of at least 4 members (excludes halogenated alkanes) is 1. The number of hydrogen-bond donors (Lipinski definition) is 1. The second kappa shape index (κ2) is 7.49. The number of aryl methyl sites for hydroxylation is 1. The summed E-state index contributed by atoms with van der Waals surface area (Å²) in [6.45, 7) is 10.2. The standard InChI is InChI=1S/C16H27FN2/c1-6-8-9-19(7-2)16-10-12(3)15(17)11-14(16)13(4)18-5/h10-11,13,18H,6-9H2,1-5H3. The van der Waals surface area contributed by atoms with Gasteiger partial charge in [0, 0.05) is 24.8 Å². The Morgan fingerprint density at radius 3 is 2.53 bits per heavy atom. The molecule has 1 rings (SSSR count). The molecule has 108 valence electrons. The summed E-state index contributed by atoms with van der Waals surface area (Å²) in [5, 5.41) is 3.21. The molecule has 0 bridgehead atoms. The summed E-state index contributed by atoms with van der Waals surface area (Å²) in [6, 6.07) is 3.82. The largest absolute Gasteiger partial charge is 0.372 e. The van der Waals surface area contributed by atoms with Crippen LogP contribution in [0.4, 0.5) is 10.1 Å². The van der Waals surface area contributed by atoms with E-state index in [1.807, 2.05) is 20.0 Å². The third-order valence-electron chi connectivity index (χ3n) is 3.71. The molecule has 1 aromatic rings. The summed E-state index contributed by atoms with van der Waals surface area (Å²) in [7, 11) is 1.91. The predicted molar refractivity (Wildman–Crippen MR) is 81.4 cm³/mol. The van der Waals surface area contributed by atoms with Crippen LogP contribution >= 0.6 is 0 Å². The van der Waals surface area contributed by atoms with Crippen LogP contribution in [0.25, 0.3) is 0 Å². The third-order valence-corrected chi connectivity index (χ3v) is 3.71. The number of nitrogens with zero attached hydrogens (tertiary/aromatic N) is 1. The molecule has 1 N–H and O–H groups in total. The molecule has 0 aliphatic heterocycles. The average molecular weight is 266 g/mol. The minimum absolute atomic E-state index is 0.118. The van der Waals surface area contributed by atoms with Crippen LogP contribution in [-0.4, -0.2) is 20.1 Å². The first kappa shape index (κ1) is 16.0. The van der Waals surface area contributed by atoms with Crippen LogP contribution in [0.2, 0.25) is 0 Å². The highest BCUT2D eigenvalue weighted by Crippen LogP contribution is 2.29. The summed E-state index contributed by atoms with van der Waals surface area (Å²) >= 11 is 0. The molecule has 0 aromatic heterocycles. The van der Waals surface area contributed by atoms with Gasteiger partial charge in [-0.1, -0.05) is 13.3 Å². The Morgan fingerprint density at radius 1 is 1.32 bits per heavy atom. The minimum atomic E-state index is -0.118. The molecule has 0 aliphatic carbocycles. The monoisotopic (exact) mass is 266 g/mol. The van der Waals surface area contributed by atoms with E-state index in [4.69, 9.17) is 0 Å². The van der Waals surface area contributed by atoms with E-state index in [-0.39, 0.29) is 11.9 Å². The maximum Gasteiger partial charge on any atom is 0.126 e. The fraction of sp³-hybridized carbons (Fsp3) is 0.625. The maximum absolute atomic E-state index is 13.8. The van der Waals surface area contributed by atoms with Crippen molar-refractivity contribution in [3.8, 4) is 0 Å². The number of nitrogens with one attached hydrogen (secondary N) is 1. The van der Waals surface area contributed by atoms with E-state index in [0.29, 0.717) is 0 Å². The zero-order valence-electron chi connectivity index (χ0n) is 12.9. The SMILES string of the molecule is CCCCN(CC)c1cc(C)c(F)cc1C(C)NC. The van der Waals surface area contributed by atoms with E-state index in [2.05, 4.69) is 31.0 Å². The van der Waals surface area contributed by atoms with Crippen LogP contribution < -0.4 is 10.2 Å². The van der Waals surface area contributed by atoms with Gasteiger partial charge < -0.3 is 10.2 Å². The summed E-state index contributed by atoms with van der Waals surface area (Å²) in [6.07, 6.45) is 2.34. The summed E-state index contributed by atoms with van der Waals surface area (Å²) in [5.41, 5.74) is 2.93. The number of halogens is 1. The Labute approximate surface area is 117 Å². The molecule has 19 heavy (non-hydrogen) atoms. The van der Waals surface area contributed by atoms with Crippen molar-refractivity contribution < 1.29 is 4.39 Å². The van der Waals surface area contributed by atoms with E-state index in [9.17, 15) is 4.39 Å². The normalized spacial score (nSPS) is 12.5. The van der Waals surface area contributed by atoms with Crippen molar-refractivity contribution in [1.29, 1.82) is 0 Å². The Morgan fingerprint density at radius 2 is 2.00 bits per heavy atom. The van der Waals surface area contributed by atoms with Gasteiger partial charge in [0.15, 0.2) is 0 Å². The molecular formula is C16H27FN2. The smallest absolute Gasteiger partial charge is 0.126 e. The maximum atomic E-state index is 13.8. The van der Waals surface area contributed by atoms with Gasteiger partial charge in [0.2, 0.25) is 0 Å². The van der Waals surface area contributed by atoms with Gasteiger partial charge in [0.25, 0.3) is 0 Å². The lowest BCUT2D eigenvalue weighted by molar-refractivity contribution is 0.598. The second-order valence-electron chi connectivity index (χ2n) is 5.10. The first-order chi connectivity index (χ1) is 9.04. The summed E-state index contributed by atoms with van der Waals surface area (Å²) < 4.78 is 13.8. The van der Waals surface area contributed by atoms with Crippen molar-refractivity contribution in [3.63, 3.8) is 0 Å². The fourth-order valence-electron chi connectivity index (χ4n) is 2.26. The van der Waals surface area contributed by atoms with E-state index in [1.165, 1.54) is 6.42 Å². The quantitative estimate of drug-likeness (QED) is 0.801. The van der Waals surface area contributed by atoms with E-state index in [1.54, 1.807) is 6.07 Å². The van der Waals surface area contributed by atoms with Crippen molar-refractivity contribution in [1.82, 2.24) is 5.32 Å². The predicted octanol–water partition coefficient (Wildman–Crippen LogP) is 4.04. The summed E-state index contributed by atoms with van der Waals surface area (Å²) in [4.78, 5) is 2.35. The van der Waals surface area contributed by atoms with E-state index >= 15 is 0 Å². The van der Waals surface area contributed by atoms with Crippen LogP contribution in [0.15, 0.2) is 12.1 Å². The molecule has 0 spiro atoms. The fourth-order valence-corrected chi connectivity index (χ4v) is 2.26. The van der Waals surface area contributed by atoms with Gasteiger partial charge in [-0.2, -0.15) is 0 Å². The Hall–Kier alpha value is -1.09. The average Bonchev–Trinajstić information content (AvgIpc) is 2.42. The van der Waals surface area contributed by atoms with Crippen LogP contribution in [0.3, 0.4) is 0 Å². The first-order valence-corrected chi connectivity index (χ1v) is 7.27. The zero-order chi connectivity index (χ0) is 14.4. The highest BCUT2D eigenvalue weighted by Gasteiger charge is 2.16. The number of rotatable bonds is 7. The molecule has 0 fully saturated rings. The zero-order valence-corrected chi connectivity index (χ0v) is 12.9. The van der Waals surface area contributed by atoms with E-state index < -0.39 is 0 Å². The molecule has 3 heteroatoms. The third kappa shape index (κ3) is 3.93. The van der Waals surface area contributed by atoms with Gasteiger partial charge in [0.1, 0.15) is 5.82 Å². The molecule has 1 unspecified atom stereocenters. The second-order valence-corrected chi connectivity index (χ2v) is 5.10. The van der Waals surface area contributed by atoms with Crippen LogP contribution in [-0.2, 0) is 0 Å². The molecule has 0 aliphatic rings. The molecule has 1 aromatic carbocycles. The highest BCUT2D eigenvalue weighted by molar-refractivity contribution is 5.57. The van der Waals surface area contributed by atoms with Crippen molar-refractivity contribution in [3.05, 3.63) is 29.1 Å². The van der Waals surface area contributed by atoms with Gasteiger partial charge in [0.05, 0.1) is 0 Å². The number of anilines is 1. The molecular weight excluding hydrogens is 239 g/mol. The first-order valence-electron chi connectivity index (χ1n) is 7.27. The Bertz CT molecular complexity index is 404. The molecule has 2 nitrogen and oxygen atoms in total. The van der Waals surface area contributed by atoms with Gasteiger partial charge in [-0.3, -0.25) is 0 Å². The Balaban J connectivity index is 3.17. The molecule has 0 radical (unpaired) electrons. The molecule has 0 saturated heterocycles. The molecule has 0 saturated carbocycles. The summed E-state index contributed by atoms with van der Waals surface area (Å²) in [5.74, 6) is -0.118. The van der Waals surface area contributed by atoms with Crippen LogP contribution in [0.1, 0.15) is 50.8 Å². The minimum Gasteiger partial charge on any atom is -0.372 e. The lowest BCUT2D eigenvalue weighted by Crippen LogP contribution is -2.27. The highest BCUT2D eigenvalue weighted by atomic mass is 19.1. The van der Waals surface area contributed by atoms with Crippen molar-refractivity contribution in [2.24, 2.45) is 0 Å². The Kier molecular flexibility index (Phi) is 6.29. The number of hydrogen-bond acceptors (Lipinski definition) is 2. The van der Waals surface area contributed by atoms with Crippen molar-refractivity contribution >= 4 is 5.69 Å². The van der Waals surface area contributed by atoms with Crippen molar-refractivity contribution in [2.45, 2.75) is 46.6 Å². The number of benzene rings is 1. The van der Waals surface area contributed by atoms with Crippen molar-refractivity contribution in [2.75, 3.05) is 25.0 Å². The van der Waals surface area contributed by atoms with Crippen LogP contribution in [0, 0.1) is 12.7 Å². The molecule has 1 atom stereocenters. The van der Waals surface area contributed by atoms with Gasteiger partial charge >= 0.3 is 0 Å². The van der Waals surface area contributed by atoms with Crippen LogP contribution in [0.5, 0.6) is 0 Å². The molecule has 0 heterocycles. The van der Waals surface area contributed by atoms with E-state index in [0.717, 1.165) is 36.3 Å². The van der Waals surface area contributed by atoms with Gasteiger partial charge in [-0.05, 0) is 57.5 Å². The lowest BCUT2D eigenvalue weighted by Gasteiger charge is -2.28. The molecule has 0 amide bonds. The lowest BCUT2D eigenvalue weighted by atomic mass is 10.0.